The molecule has 0 spiro atoms. The van der Waals surface area contributed by atoms with E-state index in [1.165, 1.54) is 19.2 Å². The first-order valence-electron chi connectivity index (χ1n) is 3.10. The Morgan fingerprint density at radius 1 is 1.64 bits per heavy atom. The van der Waals surface area contributed by atoms with Crippen LogP contribution in [0.3, 0.4) is 0 Å². The first-order valence-corrected chi connectivity index (χ1v) is 3.10. The van der Waals surface area contributed by atoms with Crippen LogP contribution < -0.4 is 11.3 Å². The van der Waals surface area contributed by atoms with Crippen LogP contribution in [0.5, 0.6) is 0 Å². The van der Waals surface area contributed by atoms with Gasteiger partial charge in [-0.1, -0.05) is 0 Å². The minimum absolute atomic E-state index is 0.102. The number of aromatic nitrogens is 1. The molecule has 0 saturated heterocycles. The van der Waals surface area contributed by atoms with E-state index in [4.69, 9.17) is 5.73 Å². The molecule has 0 aliphatic carbocycles. The van der Waals surface area contributed by atoms with Gasteiger partial charge in [-0.05, 0) is 13.0 Å². The van der Waals surface area contributed by atoms with Gasteiger partial charge in [-0.25, -0.2) is 0 Å². The van der Waals surface area contributed by atoms with E-state index in [0.29, 0.717) is 5.69 Å². The van der Waals surface area contributed by atoms with Crippen LogP contribution in [0.2, 0.25) is 0 Å². The predicted octanol–water partition coefficient (Wildman–Crippen LogP) is 0.160. The maximum absolute atomic E-state index is 10.9. The molecule has 11 heavy (non-hydrogen) atoms. The number of Topliss-reactive ketones (excluding diaryl/α,β-unsaturated/α-hetero) is 1. The number of hydrogen-bond acceptors (Lipinski definition) is 3. The van der Waals surface area contributed by atoms with E-state index in [-0.39, 0.29) is 11.3 Å². The van der Waals surface area contributed by atoms with E-state index in [2.05, 4.69) is 4.98 Å². The monoisotopic (exact) mass is 152 g/mol. The number of aromatic amines is 1. The fourth-order valence-electron chi connectivity index (χ4n) is 0.762. The van der Waals surface area contributed by atoms with Crippen molar-refractivity contribution in [3.63, 3.8) is 0 Å². The van der Waals surface area contributed by atoms with Crippen LogP contribution in [0, 0.1) is 0 Å². The lowest BCUT2D eigenvalue weighted by Crippen LogP contribution is -2.15. The zero-order chi connectivity index (χ0) is 8.43. The Kier molecular flexibility index (Phi) is 1.76. The van der Waals surface area contributed by atoms with Crippen molar-refractivity contribution in [2.24, 2.45) is 0 Å². The highest BCUT2D eigenvalue weighted by molar-refractivity contribution is 5.94. The number of ketones is 1. The van der Waals surface area contributed by atoms with Crippen molar-refractivity contribution in [2.45, 2.75) is 6.92 Å². The second-order valence-electron chi connectivity index (χ2n) is 2.23. The summed E-state index contributed by atoms with van der Waals surface area (Å²) in [6.45, 7) is 1.32. The number of rotatable bonds is 1. The van der Waals surface area contributed by atoms with Gasteiger partial charge in [0.25, 0.3) is 5.56 Å². The van der Waals surface area contributed by atoms with Crippen molar-refractivity contribution in [1.29, 1.82) is 0 Å². The van der Waals surface area contributed by atoms with Crippen LogP contribution in [0.4, 0.5) is 5.69 Å². The Hall–Kier alpha value is -1.58. The first kappa shape index (κ1) is 7.53. The fraction of sp³-hybridized carbons (Fsp3) is 0.143. The number of H-pyrrole nitrogens is 1. The molecule has 3 N–H and O–H groups in total. The minimum atomic E-state index is -0.397. The third-order valence-corrected chi connectivity index (χ3v) is 1.30. The molecule has 1 rings (SSSR count). The number of carbonyl (C=O) groups excluding carboxylic acids is 1. The average molecular weight is 152 g/mol. The molecular formula is C7H8N2O2. The van der Waals surface area contributed by atoms with Crippen LogP contribution in [-0.2, 0) is 0 Å². The molecule has 0 fully saturated rings. The van der Waals surface area contributed by atoms with Gasteiger partial charge in [-0.2, -0.15) is 0 Å². The van der Waals surface area contributed by atoms with Crippen LogP contribution in [0.1, 0.15) is 17.3 Å². The highest BCUT2D eigenvalue weighted by Crippen LogP contribution is 1.99. The SMILES string of the molecule is CC(=O)c1cc(N)c[nH]c1=O. The molecule has 4 nitrogen and oxygen atoms in total. The molecule has 0 amide bonds. The second-order valence-corrected chi connectivity index (χ2v) is 2.23. The largest absolute Gasteiger partial charge is 0.398 e. The molecule has 0 bridgehead atoms. The van der Waals surface area contributed by atoms with Gasteiger partial charge < -0.3 is 10.7 Å². The highest BCUT2D eigenvalue weighted by Gasteiger charge is 2.03. The summed E-state index contributed by atoms with van der Waals surface area (Å²) >= 11 is 0. The second kappa shape index (κ2) is 2.57. The Morgan fingerprint density at radius 2 is 2.27 bits per heavy atom. The quantitative estimate of drug-likeness (QED) is 0.563. The van der Waals surface area contributed by atoms with E-state index in [9.17, 15) is 9.59 Å². The van der Waals surface area contributed by atoms with Crippen molar-refractivity contribution < 1.29 is 4.79 Å². The number of carbonyl (C=O) groups is 1. The van der Waals surface area contributed by atoms with Crippen LogP contribution in [-0.4, -0.2) is 10.8 Å². The summed E-state index contributed by atoms with van der Waals surface area (Å²) < 4.78 is 0. The third-order valence-electron chi connectivity index (χ3n) is 1.30. The molecule has 0 aliphatic heterocycles. The van der Waals surface area contributed by atoms with Gasteiger partial charge in [0, 0.05) is 11.9 Å². The van der Waals surface area contributed by atoms with E-state index < -0.39 is 5.56 Å². The van der Waals surface area contributed by atoms with E-state index in [1.54, 1.807) is 0 Å². The summed E-state index contributed by atoms with van der Waals surface area (Å²) in [5.74, 6) is -0.279. The van der Waals surface area contributed by atoms with Gasteiger partial charge >= 0.3 is 0 Å². The molecule has 0 radical (unpaired) electrons. The Balaban J connectivity index is 3.35. The fourth-order valence-corrected chi connectivity index (χ4v) is 0.762. The van der Waals surface area contributed by atoms with Crippen LogP contribution >= 0.6 is 0 Å². The summed E-state index contributed by atoms with van der Waals surface area (Å²) in [6, 6.07) is 1.36. The van der Waals surface area contributed by atoms with Crippen molar-refractivity contribution in [2.75, 3.05) is 5.73 Å². The predicted molar refractivity (Wildman–Crippen MR) is 41.5 cm³/mol. The number of nitrogens with one attached hydrogen (secondary N) is 1. The number of anilines is 1. The van der Waals surface area contributed by atoms with Gasteiger partial charge in [0.2, 0.25) is 0 Å². The lowest BCUT2D eigenvalue weighted by atomic mass is 10.2. The smallest absolute Gasteiger partial charge is 0.258 e. The topological polar surface area (TPSA) is 76.0 Å². The average Bonchev–Trinajstić information content (AvgIpc) is 1.94. The van der Waals surface area contributed by atoms with Crippen molar-refractivity contribution in [1.82, 2.24) is 4.98 Å². The van der Waals surface area contributed by atoms with Crippen molar-refractivity contribution in [3.05, 3.63) is 28.2 Å². The molecule has 0 aromatic carbocycles. The summed E-state index contributed by atoms with van der Waals surface area (Å²) in [5, 5.41) is 0. The minimum Gasteiger partial charge on any atom is -0.398 e. The van der Waals surface area contributed by atoms with E-state index in [0.717, 1.165) is 0 Å². The molecule has 1 heterocycles. The molecule has 0 saturated carbocycles. The van der Waals surface area contributed by atoms with Crippen molar-refractivity contribution >= 4 is 11.5 Å². The van der Waals surface area contributed by atoms with E-state index >= 15 is 0 Å². The number of hydrogen-bond donors (Lipinski definition) is 2. The maximum Gasteiger partial charge on any atom is 0.258 e. The summed E-state index contributed by atoms with van der Waals surface area (Å²) in [6.07, 6.45) is 1.36. The normalized spacial score (nSPS) is 9.55. The van der Waals surface area contributed by atoms with Crippen LogP contribution in [0.25, 0.3) is 0 Å². The molecule has 4 heteroatoms. The molecule has 1 aromatic rings. The molecule has 0 unspecified atom stereocenters. The third kappa shape index (κ3) is 1.46. The first-order chi connectivity index (χ1) is 5.11. The molecule has 0 aliphatic rings. The number of pyridine rings is 1. The zero-order valence-electron chi connectivity index (χ0n) is 6.05. The lowest BCUT2D eigenvalue weighted by Gasteiger charge is -1.94. The number of nitrogen functional groups attached to an aromatic ring is 1. The van der Waals surface area contributed by atoms with Crippen LogP contribution in [0.15, 0.2) is 17.1 Å². The lowest BCUT2D eigenvalue weighted by molar-refractivity contribution is 0.101. The zero-order valence-corrected chi connectivity index (χ0v) is 6.05. The number of nitrogens with two attached hydrogens (primary N) is 1. The summed E-state index contributed by atoms with van der Waals surface area (Å²) in [5.41, 5.74) is 5.43. The summed E-state index contributed by atoms with van der Waals surface area (Å²) in [4.78, 5) is 24.0. The maximum atomic E-state index is 10.9. The van der Waals surface area contributed by atoms with Crippen molar-refractivity contribution in [3.8, 4) is 0 Å². The van der Waals surface area contributed by atoms with E-state index in [1.807, 2.05) is 0 Å². The highest BCUT2D eigenvalue weighted by atomic mass is 16.1. The summed E-state index contributed by atoms with van der Waals surface area (Å²) in [7, 11) is 0. The Morgan fingerprint density at radius 3 is 2.73 bits per heavy atom. The van der Waals surface area contributed by atoms with Gasteiger partial charge in [-0.15, -0.1) is 0 Å². The molecule has 1 aromatic heterocycles. The Bertz CT molecular complexity index is 341. The van der Waals surface area contributed by atoms with Gasteiger partial charge in [0.05, 0.1) is 5.56 Å². The van der Waals surface area contributed by atoms with Gasteiger partial charge in [0.1, 0.15) is 0 Å². The molecule has 58 valence electrons. The van der Waals surface area contributed by atoms with Gasteiger partial charge in [0.15, 0.2) is 5.78 Å². The molecule has 0 atom stereocenters. The molecular weight excluding hydrogens is 144 g/mol. The van der Waals surface area contributed by atoms with Gasteiger partial charge in [-0.3, -0.25) is 9.59 Å². The standard InChI is InChI=1S/C7H8N2O2/c1-4(10)6-2-5(8)3-9-7(6)11/h2-3H,8H2,1H3,(H,9,11). The Labute approximate surface area is 63.0 Å².